The first-order valence-corrected chi connectivity index (χ1v) is 7.85. The number of sulfonamides is 1. The van der Waals surface area contributed by atoms with Crippen molar-refractivity contribution < 1.29 is 17.2 Å². The quantitative estimate of drug-likeness (QED) is 0.922. The van der Waals surface area contributed by atoms with Crippen molar-refractivity contribution in [2.45, 2.75) is 31.2 Å². The van der Waals surface area contributed by atoms with Crippen LogP contribution < -0.4 is 4.72 Å². The average molecular weight is 315 g/mol. The van der Waals surface area contributed by atoms with Gasteiger partial charge in [-0.2, -0.15) is 5.10 Å². The summed E-state index contributed by atoms with van der Waals surface area (Å²) in [7, 11) is -4.23. The van der Waals surface area contributed by atoms with Crippen LogP contribution in [0.5, 0.6) is 0 Å². The number of nitrogens with zero attached hydrogens (tertiary/aromatic N) is 2. The average Bonchev–Trinajstić information content (AvgIpc) is 2.88. The van der Waals surface area contributed by atoms with Crippen molar-refractivity contribution in [2.75, 3.05) is 4.72 Å². The third kappa shape index (κ3) is 3.05. The van der Waals surface area contributed by atoms with E-state index in [-0.39, 0.29) is 11.9 Å². The van der Waals surface area contributed by atoms with Crippen molar-refractivity contribution in [2.24, 2.45) is 0 Å². The summed E-state index contributed by atoms with van der Waals surface area (Å²) < 4.78 is 54.9. The molecule has 8 heteroatoms. The van der Waals surface area contributed by atoms with Gasteiger partial charge in [0.2, 0.25) is 0 Å². The maximum atomic E-state index is 13.6. The van der Waals surface area contributed by atoms with Crippen LogP contribution in [0.4, 0.5) is 14.6 Å². The standard InChI is InChI=1S/C13H15F2N3O2S/c1-3-9(2)18-12(7-8-16-18)17-21(19,20)11-6-4-5-10(14)13(11)15/h4-9,17H,3H2,1-2H3/t9-/m0/s1. The predicted molar refractivity (Wildman–Crippen MR) is 74.4 cm³/mol. The molecule has 2 aromatic rings. The third-order valence-corrected chi connectivity index (χ3v) is 4.50. The van der Waals surface area contributed by atoms with Gasteiger partial charge < -0.3 is 0 Å². The van der Waals surface area contributed by atoms with E-state index in [9.17, 15) is 17.2 Å². The van der Waals surface area contributed by atoms with Crippen LogP contribution in [0.3, 0.4) is 0 Å². The highest BCUT2D eigenvalue weighted by Crippen LogP contribution is 2.22. The Morgan fingerprint density at radius 2 is 2.05 bits per heavy atom. The summed E-state index contributed by atoms with van der Waals surface area (Å²) in [5.41, 5.74) is 0. The lowest BCUT2D eigenvalue weighted by Crippen LogP contribution is -2.19. The normalized spacial score (nSPS) is 13.1. The highest BCUT2D eigenvalue weighted by Gasteiger charge is 2.23. The minimum absolute atomic E-state index is 0.0324. The summed E-state index contributed by atoms with van der Waals surface area (Å²) in [5.74, 6) is -2.42. The Morgan fingerprint density at radius 1 is 1.33 bits per heavy atom. The first kappa shape index (κ1) is 15.4. The number of rotatable bonds is 5. The van der Waals surface area contributed by atoms with Crippen LogP contribution in [0.25, 0.3) is 0 Å². The van der Waals surface area contributed by atoms with Gasteiger partial charge in [0, 0.05) is 6.07 Å². The maximum absolute atomic E-state index is 13.6. The van der Waals surface area contributed by atoms with Crippen LogP contribution in [0.1, 0.15) is 26.3 Å². The molecular weight excluding hydrogens is 300 g/mol. The minimum atomic E-state index is -4.23. The van der Waals surface area contributed by atoms with Gasteiger partial charge in [-0.1, -0.05) is 13.0 Å². The SMILES string of the molecule is CC[C@H](C)n1nccc1NS(=O)(=O)c1cccc(F)c1F. The Balaban J connectivity index is 2.39. The molecule has 1 aromatic carbocycles. The first-order valence-electron chi connectivity index (χ1n) is 6.37. The Morgan fingerprint density at radius 3 is 2.71 bits per heavy atom. The van der Waals surface area contributed by atoms with Gasteiger partial charge in [-0.3, -0.25) is 4.72 Å². The molecule has 0 amide bonds. The number of anilines is 1. The van der Waals surface area contributed by atoms with E-state index < -0.39 is 26.6 Å². The Kier molecular flexibility index (Phi) is 4.26. The molecule has 1 heterocycles. The summed E-state index contributed by atoms with van der Waals surface area (Å²) >= 11 is 0. The van der Waals surface area contributed by atoms with Crippen LogP contribution in [0, 0.1) is 11.6 Å². The topological polar surface area (TPSA) is 64.0 Å². The number of hydrogen-bond acceptors (Lipinski definition) is 3. The molecule has 0 unspecified atom stereocenters. The second-order valence-electron chi connectivity index (χ2n) is 4.58. The lowest BCUT2D eigenvalue weighted by molar-refractivity contribution is 0.481. The smallest absolute Gasteiger partial charge is 0.263 e. The molecule has 0 aliphatic carbocycles. The molecule has 5 nitrogen and oxygen atoms in total. The number of benzene rings is 1. The molecule has 114 valence electrons. The molecule has 0 spiro atoms. The van der Waals surface area contributed by atoms with Gasteiger partial charge in [-0.25, -0.2) is 21.9 Å². The molecule has 21 heavy (non-hydrogen) atoms. The molecule has 0 saturated heterocycles. The van der Waals surface area contributed by atoms with Crippen LogP contribution in [-0.4, -0.2) is 18.2 Å². The zero-order valence-corrected chi connectivity index (χ0v) is 12.4. The van der Waals surface area contributed by atoms with Gasteiger partial charge in [-0.05, 0) is 25.5 Å². The van der Waals surface area contributed by atoms with Gasteiger partial charge >= 0.3 is 0 Å². The molecule has 0 radical (unpaired) electrons. The Hall–Kier alpha value is -1.96. The number of hydrogen-bond donors (Lipinski definition) is 1. The highest BCUT2D eigenvalue weighted by atomic mass is 32.2. The highest BCUT2D eigenvalue weighted by molar-refractivity contribution is 7.92. The van der Waals surface area contributed by atoms with Crippen LogP contribution in [0.15, 0.2) is 35.4 Å². The van der Waals surface area contributed by atoms with Gasteiger partial charge in [-0.15, -0.1) is 0 Å². The van der Waals surface area contributed by atoms with Crippen molar-refractivity contribution in [1.82, 2.24) is 9.78 Å². The van der Waals surface area contributed by atoms with E-state index in [4.69, 9.17) is 0 Å². The summed E-state index contributed by atoms with van der Waals surface area (Å²) in [6.07, 6.45) is 2.18. The number of aromatic nitrogens is 2. The zero-order chi connectivity index (χ0) is 15.6. The van der Waals surface area contributed by atoms with Crippen molar-refractivity contribution >= 4 is 15.8 Å². The van der Waals surface area contributed by atoms with Crippen molar-refractivity contribution in [1.29, 1.82) is 0 Å². The first-order chi connectivity index (χ1) is 9.86. The largest absolute Gasteiger partial charge is 0.266 e. The van der Waals surface area contributed by atoms with Crippen molar-refractivity contribution in [3.05, 3.63) is 42.1 Å². The molecule has 2 rings (SSSR count). The van der Waals surface area contributed by atoms with Crippen molar-refractivity contribution in [3.63, 3.8) is 0 Å². The Bertz CT molecular complexity index is 744. The molecule has 0 bridgehead atoms. The summed E-state index contributed by atoms with van der Waals surface area (Å²) in [4.78, 5) is -0.737. The lowest BCUT2D eigenvalue weighted by Gasteiger charge is -2.15. The molecule has 0 aliphatic rings. The predicted octanol–water partition coefficient (Wildman–Crippen LogP) is 2.93. The fourth-order valence-electron chi connectivity index (χ4n) is 1.80. The minimum Gasteiger partial charge on any atom is -0.263 e. The Labute approximate surface area is 121 Å². The summed E-state index contributed by atoms with van der Waals surface area (Å²) in [5, 5.41) is 4.03. The number of nitrogens with one attached hydrogen (secondary N) is 1. The van der Waals surface area contributed by atoms with E-state index in [1.807, 2.05) is 13.8 Å². The van der Waals surface area contributed by atoms with Gasteiger partial charge in [0.15, 0.2) is 11.6 Å². The van der Waals surface area contributed by atoms with E-state index >= 15 is 0 Å². The van der Waals surface area contributed by atoms with E-state index in [1.54, 1.807) is 0 Å². The molecule has 0 fully saturated rings. The van der Waals surface area contributed by atoms with E-state index in [0.717, 1.165) is 24.6 Å². The fraction of sp³-hybridized carbons (Fsp3) is 0.308. The van der Waals surface area contributed by atoms with Crippen LogP contribution >= 0.6 is 0 Å². The summed E-state index contributed by atoms with van der Waals surface area (Å²) in [6.45, 7) is 3.80. The maximum Gasteiger partial charge on any atom is 0.266 e. The monoisotopic (exact) mass is 315 g/mol. The molecule has 1 N–H and O–H groups in total. The summed E-state index contributed by atoms with van der Waals surface area (Å²) in [6, 6.07) is 4.43. The molecule has 1 aromatic heterocycles. The van der Waals surface area contributed by atoms with E-state index in [1.165, 1.54) is 16.9 Å². The lowest BCUT2D eigenvalue weighted by atomic mass is 10.3. The van der Waals surface area contributed by atoms with E-state index in [2.05, 4.69) is 9.82 Å². The van der Waals surface area contributed by atoms with Crippen LogP contribution in [0.2, 0.25) is 0 Å². The fourth-order valence-corrected chi connectivity index (χ4v) is 2.94. The molecular formula is C13H15F2N3O2S. The van der Waals surface area contributed by atoms with E-state index in [0.29, 0.717) is 0 Å². The van der Waals surface area contributed by atoms with Gasteiger partial charge in [0.25, 0.3) is 10.0 Å². The van der Waals surface area contributed by atoms with Gasteiger partial charge in [0.05, 0.1) is 12.2 Å². The zero-order valence-electron chi connectivity index (χ0n) is 11.5. The van der Waals surface area contributed by atoms with Crippen molar-refractivity contribution in [3.8, 4) is 0 Å². The third-order valence-electron chi connectivity index (χ3n) is 3.12. The molecule has 1 atom stereocenters. The molecule has 0 saturated carbocycles. The second-order valence-corrected chi connectivity index (χ2v) is 6.23. The van der Waals surface area contributed by atoms with Crippen LogP contribution in [-0.2, 0) is 10.0 Å². The van der Waals surface area contributed by atoms with Gasteiger partial charge in [0.1, 0.15) is 10.7 Å². The molecule has 0 aliphatic heterocycles. The second kappa shape index (κ2) is 5.80. The number of halogens is 2.